The molecule has 0 aliphatic carbocycles. The van der Waals surface area contributed by atoms with Crippen molar-refractivity contribution < 1.29 is 9.26 Å². The maximum atomic E-state index is 5.58. The number of ether oxygens (including phenoxy) is 1. The zero-order valence-corrected chi connectivity index (χ0v) is 10.1. The minimum atomic E-state index is 0.418. The molecule has 2 aromatic rings. The van der Waals surface area contributed by atoms with Gasteiger partial charge in [0.05, 0.1) is 0 Å². The second kappa shape index (κ2) is 4.82. The summed E-state index contributed by atoms with van der Waals surface area (Å²) in [5, 5.41) is 3.72. The highest BCUT2D eigenvalue weighted by Crippen LogP contribution is 2.30. The fraction of sp³-hybridized carbons (Fsp3) is 0.357. The number of nitrogens with zero attached hydrogens (tertiary/aromatic N) is 1. The fourth-order valence-electron chi connectivity index (χ4n) is 2.40. The molecule has 1 aliphatic heterocycles. The van der Waals surface area contributed by atoms with E-state index in [0.29, 0.717) is 11.7 Å². The van der Waals surface area contributed by atoms with Crippen LogP contribution in [0.2, 0.25) is 0 Å². The highest BCUT2D eigenvalue weighted by Gasteiger charge is 2.16. The second-order valence-corrected chi connectivity index (χ2v) is 4.63. The summed E-state index contributed by atoms with van der Waals surface area (Å²) in [6.07, 6.45) is 2.17. The van der Waals surface area contributed by atoms with Crippen molar-refractivity contribution in [1.82, 2.24) is 5.16 Å². The van der Waals surface area contributed by atoms with Gasteiger partial charge < -0.3 is 15.0 Å². The monoisotopic (exact) mass is 244 g/mol. The molecule has 94 valence electrons. The first-order chi connectivity index (χ1) is 8.83. The number of hydrogen-bond donors (Lipinski definition) is 1. The van der Waals surface area contributed by atoms with Gasteiger partial charge >= 0.3 is 0 Å². The molecule has 2 heterocycles. The molecule has 3 rings (SSSR count). The van der Waals surface area contributed by atoms with Crippen LogP contribution >= 0.6 is 0 Å². The summed E-state index contributed by atoms with van der Waals surface area (Å²) in [6, 6.07) is 10.2. The van der Waals surface area contributed by atoms with Gasteiger partial charge in [-0.05, 0) is 30.4 Å². The smallest absolute Gasteiger partial charge is 0.169 e. The Bertz CT molecular complexity index is 530. The number of hydrogen-bond acceptors (Lipinski definition) is 4. The molecule has 1 fully saturated rings. The van der Waals surface area contributed by atoms with Crippen LogP contribution in [0.4, 0.5) is 5.82 Å². The van der Waals surface area contributed by atoms with Crippen molar-refractivity contribution in [2.24, 2.45) is 0 Å². The van der Waals surface area contributed by atoms with Gasteiger partial charge in [-0.1, -0.05) is 23.4 Å². The fourth-order valence-corrected chi connectivity index (χ4v) is 2.40. The van der Waals surface area contributed by atoms with Crippen molar-refractivity contribution in [2.45, 2.75) is 18.8 Å². The van der Waals surface area contributed by atoms with Gasteiger partial charge in [-0.2, -0.15) is 0 Å². The topological polar surface area (TPSA) is 61.3 Å². The molecule has 18 heavy (non-hydrogen) atoms. The van der Waals surface area contributed by atoms with Crippen LogP contribution in [0.3, 0.4) is 0 Å². The Morgan fingerprint density at radius 3 is 2.72 bits per heavy atom. The van der Waals surface area contributed by atoms with Gasteiger partial charge in [0.2, 0.25) is 0 Å². The first-order valence-corrected chi connectivity index (χ1v) is 6.23. The number of benzene rings is 1. The Kier molecular flexibility index (Phi) is 3.02. The molecule has 0 unspecified atom stereocenters. The molecule has 0 atom stereocenters. The van der Waals surface area contributed by atoms with Crippen LogP contribution in [0.25, 0.3) is 11.3 Å². The number of rotatable bonds is 2. The molecule has 0 spiro atoms. The van der Waals surface area contributed by atoms with Crippen LogP contribution in [-0.4, -0.2) is 18.4 Å². The predicted octanol–water partition coefficient (Wildman–Crippen LogP) is 2.82. The van der Waals surface area contributed by atoms with E-state index in [1.807, 2.05) is 6.07 Å². The average molecular weight is 244 g/mol. The van der Waals surface area contributed by atoms with Crippen LogP contribution in [-0.2, 0) is 4.74 Å². The molecule has 1 aromatic carbocycles. The molecule has 0 radical (unpaired) electrons. The normalized spacial score (nSPS) is 16.9. The number of nitrogen functional groups attached to an aromatic ring is 1. The van der Waals surface area contributed by atoms with Crippen molar-refractivity contribution in [3.63, 3.8) is 0 Å². The maximum Gasteiger partial charge on any atom is 0.169 e. The summed E-state index contributed by atoms with van der Waals surface area (Å²) in [6.45, 7) is 1.70. The van der Waals surface area contributed by atoms with Gasteiger partial charge in [-0.15, -0.1) is 0 Å². The van der Waals surface area contributed by atoms with Crippen molar-refractivity contribution in [3.8, 4) is 11.3 Å². The van der Waals surface area contributed by atoms with E-state index in [1.165, 1.54) is 5.56 Å². The number of aromatic nitrogens is 1. The van der Waals surface area contributed by atoms with E-state index in [9.17, 15) is 0 Å². The molecular formula is C14H16N2O2. The maximum absolute atomic E-state index is 5.58. The van der Waals surface area contributed by atoms with E-state index in [2.05, 4.69) is 23.4 Å². The molecule has 2 N–H and O–H groups in total. The van der Waals surface area contributed by atoms with Crippen molar-refractivity contribution in [2.75, 3.05) is 18.9 Å². The molecule has 4 heteroatoms. The van der Waals surface area contributed by atoms with Crippen molar-refractivity contribution >= 4 is 5.82 Å². The van der Waals surface area contributed by atoms with Crippen LogP contribution in [0.15, 0.2) is 34.9 Å². The molecule has 1 saturated heterocycles. The summed E-state index contributed by atoms with van der Waals surface area (Å²) in [4.78, 5) is 0. The first-order valence-electron chi connectivity index (χ1n) is 6.23. The number of anilines is 1. The lowest BCUT2D eigenvalue weighted by Crippen LogP contribution is -2.13. The SMILES string of the molecule is Nc1cc(-c2cccc(C3CCOCC3)c2)on1. The molecular weight excluding hydrogens is 228 g/mol. The van der Waals surface area contributed by atoms with E-state index in [4.69, 9.17) is 15.0 Å². The Morgan fingerprint density at radius 2 is 2.00 bits per heavy atom. The van der Waals surface area contributed by atoms with Crippen molar-refractivity contribution in [3.05, 3.63) is 35.9 Å². The van der Waals surface area contributed by atoms with E-state index >= 15 is 0 Å². The predicted molar refractivity (Wildman–Crippen MR) is 69.1 cm³/mol. The molecule has 0 bridgehead atoms. The third-order valence-electron chi connectivity index (χ3n) is 3.39. The Labute approximate surface area is 106 Å². The van der Waals surface area contributed by atoms with Gasteiger partial charge in [-0.25, -0.2) is 0 Å². The highest BCUT2D eigenvalue weighted by molar-refractivity contribution is 5.61. The van der Waals surface area contributed by atoms with Gasteiger partial charge in [0.1, 0.15) is 0 Å². The zero-order valence-electron chi connectivity index (χ0n) is 10.1. The minimum absolute atomic E-state index is 0.418. The van der Waals surface area contributed by atoms with E-state index < -0.39 is 0 Å². The van der Waals surface area contributed by atoms with Crippen LogP contribution in [0.1, 0.15) is 24.3 Å². The Morgan fingerprint density at radius 1 is 1.17 bits per heavy atom. The second-order valence-electron chi connectivity index (χ2n) is 4.63. The quantitative estimate of drug-likeness (QED) is 0.882. The Hall–Kier alpha value is -1.81. The lowest BCUT2D eigenvalue weighted by molar-refractivity contribution is 0.0853. The summed E-state index contributed by atoms with van der Waals surface area (Å²) < 4.78 is 10.6. The molecule has 1 aliphatic rings. The Balaban J connectivity index is 1.88. The summed E-state index contributed by atoms with van der Waals surface area (Å²) >= 11 is 0. The third kappa shape index (κ3) is 2.24. The van der Waals surface area contributed by atoms with E-state index in [0.717, 1.165) is 37.4 Å². The van der Waals surface area contributed by atoms with E-state index in [-0.39, 0.29) is 0 Å². The van der Waals surface area contributed by atoms with Gasteiger partial charge in [0.25, 0.3) is 0 Å². The molecule has 1 aromatic heterocycles. The van der Waals surface area contributed by atoms with Gasteiger partial charge in [0.15, 0.2) is 11.6 Å². The lowest BCUT2D eigenvalue weighted by atomic mass is 9.90. The summed E-state index contributed by atoms with van der Waals surface area (Å²) in [7, 11) is 0. The number of nitrogens with two attached hydrogens (primary N) is 1. The van der Waals surface area contributed by atoms with Crippen molar-refractivity contribution in [1.29, 1.82) is 0 Å². The lowest BCUT2D eigenvalue weighted by Gasteiger charge is -2.22. The highest BCUT2D eigenvalue weighted by atomic mass is 16.5. The molecule has 0 amide bonds. The average Bonchev–Trinajstić information content (AvgIpc) is 2.87. The molecule has 0 saturated carbocycles. The van der Waals surface area contributed by atoms with Gasteiger partial charge in [0, 0.05) is 24.8 Å². The van der Waals surface area contributed by atoms with E-state index in [1.54, 1.807) is 6.07 Å². The standard InChI is InChI=1S/C14H16N2O2/c15-14-9-13(18-16-14)12-3-1-2-11(8-12)10-4-6-17-7-5-10/h1-3,8-10H,4-7H2,(H2,15,16). The molecule has 4 nitrogen and oxygen atoms in total. The minimum Gasteiger partial charge on any atom is -0.381 e. The van der Waals surface area contributed by atoms with Gasteiger partial charge in [-0.3, -0.25) is 0 Å². The van der Waals surface area contributed by atoms with Crippen LogP contribution in [0, 0.1) is 0 Å². The van der Waals surface area contributed by atoms with Crippen LogP contribution < -0.4 is 5.73 Å². The van der Waals surface area contributed by atoms with Crippen LogP contribution in [0.5, 0.6) is 0 Å². The first kappa shape index (κ1) is 11.3. The largest absolute Gasteiger partial charge is 0.381 e. The summed E-state index contributed by atoms with van der Waals surface area (Å²) in [5.41, 5.74) is 7.94. The third-order valence-corrected chi connectivity index (χ3v) is 3.39. The zero-order chi connectivity index (χ0) is 12.4. The summed E-state index contributed by atoms with van der Waals surface area (Å²) in [5.74, 6) is 1.72.